The van der Waals surface area contributed by atoms with Gasteiger partial charge in [0.1, 0.15) is 24.3 Å². The second-order valence-corrected chi connectivity index (χ2v) is 10.6. The molecule has 2 amide bonds. The summed E-state index contributed by atoms with van der Waals surface area (Å²) >= 11 is 0. The fourth-order valence-corrected chi connectivity index (χ4v) is 3.28. The summed E-state index contributed by atoms with van der Waals surface area (Å²) in [6.45, 7) is 13.7. The highest BCUT2D eigenvalue weighted by Crippen LogP contribution is 2.09. The number of nitrogens with one attached hydrogen (secondary N) is 2. The van der Waals surface area contributed by atoms with Crippen LogP contribution in [0.15, 0.2) is 25.3 Å². The van der Waals surface area contributed by atoms with E-state index in [0.717, 1.165) is 12.2 Å². The van der Waals surface area contributed by atoms with Gasteiger partial charge in [-0.25, -0.2) is 9.59 Å². The summed E-state index contributed by atoms with van der Waals surface area (Å²) < 4.78 is 25.8. The van der Waals surface area contributed by atoms with Crippen LogP contribution in [-0.2, 0) is 52.5 Å². The average molecular weight is 613 g/mol. The fourth-order valence-electron chi connectivity index (χ4n) is 3.28. The van der Waals surface area contributed by atoms with Gasteiger partial charge in [-0.1, -0.05) is 13.2 Å². The molecule has 0 atom stereocenters. The molecule has 0 saturated carbocycles. The van der Waals surface area contributed by atoms with E-state index in [1.165, 1.54) is 27.7 Å². The van der Waals surface area contributed by atoms with Gasteiger partial charge >= 0.3 is 23.9 Å². The molecular formula is C30H48N2O11. The lowest BCUT2D eigenvalue weighted by Crippen LogP contribution is -2.50. The molecule has 0 bridgehead atoms. The van der Waals surface area contributed by atoms with Crippen LogP contribution in [-0.4, -0.2) is 86.4 Å². The predicted octanol–water partition coefficient (Wildman–Crippen LogP) is 2.46. The smallest absolute Gasteiger partial charge is 0.331 e. The van der Waals surface area contributed by atoms with Crippen LogP contribution in [0.2, 0.25) is 0 Å². The molecule has 0 fully saturated rings. The number of amides is 2. The second-order valence-electron chi connectivity index (χ2n) is 10.6. The highest BCUT2D eigenvalue weighted by atomic mass is 16.6. The van der Waals surface area contributed by atoms with Gasteiger partial charge < -0.3 is 34.3 Å². The fraction of sp³-hybridized carbons (Fsp3) is 0.667. The Morgan fingerprint density at radius 1 is 0.535 bits per heavy atom. The SMILES string of the molecule is C=CC(=O)NC(C)(C)C(=O)OCCCCCC(=O)OCCOCCOC(=O)CCCCCOC(=O)C(C)(C)NC(=O)C=C. The summed E-state index contributed by atoms with van der Waals surface area (Å²) in [6, 6.07) is 0. The van der Waals surface area contributed by atoms with E-state index in [4.69, 9.17) is 23.7 Å². The molecule has 0 aromatic carbocycles. The van der Waals surface area contributed by atoms with Gasteiger partial charge in [0.2, 0.25) is 11.8 Å². The third-order valence-corrected chi connectivity index (χ3v) is 5.76. The van der Waals surface area contributed by atoms with Gasteiger partial charge in [-0.15, -0.1) is 0 Å². The lowest BCUT2D eigenvalue weighted by molar-refractivity contribution is -0.152. The summed E-state index contributed by atoms with van der Waals surface area (Å²) in [5.74, 6) is -2.76. The molecule has 13 nitrogen and oxygen atoms in total. The summed E-state index contributed by atoms with van der Waals surface area (Å²) in [7, 11) is 0. The van der Waals surface area contributed by atoms with Crippen LogP contribution in [0.4, 0.5) is 0 Å². The van der Waals surface area contributed by atoms with Crippen LogP contribution in [0, 0.1) is 0 Å². The Labute approximate surface area is 254 Å². The second kappa shape index (κ2) is 21.9. The first-order valence-corrected chi connectivity index (χ1v) is 14.4. The van der Waals surface area contributed by atoms with E-state index in [0.29, 0.717) is 38.5 Å². The minimum Gasteiger partial charge on any atom is -0.464 e. The number of hydrogen-bond acceptors (Lipinski definition) is 11. The van der Waals surface area contributed by atoms with Crippen molar-refractivity contribution < 1.29 is 52.5 Å². The van der Waals surface area contributed by atoms with E-state index in [9.17, 15) is 28.8 Å². The topological polar surface area (TPSA) is 173 Å². The van der Waals surface area contributed by atoms with Crippen molar-refractivity contribution >= 4 is 35.7 Å². The van der Waals surface area contributed by atoms with Gasteiger partial charge in [-0.2, -0.15) is 0 Å². The molecule has 0 radical (unpaired) electrons. The van der Waals surface area contributed by atoms with E-state index in [2.05, 4.69) is 23.8 Å². The Morgan fingerprint density at radius 3 is 1.26 bits per heavy atom. The molecule has 0 aliphatic carbocycles. The van der Waals surface area contributed by atoms with Crippen LogP contribution in [0.3, 0.4) is 0 Å². The van der Waals surface area contributed by atoms with Gasteiger partial charge in [0.15, 0.2) is 0 Å². The third-order valence-electron chi connectivity index (χ3n) is 5.76. The number of ether oxygens (including phenoxy) is 5. The van der Waals surface area contributed by atoms with Crippen LogP contribution >= 0.6 is 0 Å². The predicted molar refractivity (Wildman–Crippen MR) is 156 cm³/mol. The highest BCUT2D eigenvalue weighted by Gasteiger charge is 2.31. The van der Waals surface area contributed by atoms with Crippen molar-refractivity contribution in [2.45, 2.75) is 90.1 Å². The maximum Gasteiger partial charge on any atom is 0.331 e. The first kappa shape index (κ1) is 39.3. The number of esters is 4. The van der Waals surface area contributed by atoms with Crippen LogP contribution in [0.25, 0.3) is 0 Å². The van der Waals surface area contributed by atoms with E-state index in [1.807, 2.05) is 0 Å². The van der Waals surface area contributed by atoms with E-state index < -0.39 is 34.8 Å². The molecule has 0 aliphatic heterocycles. The Kier molecular flexibility index (Phi) is 20.0. The molecule has 43 heavy (non-hydrogen) atoms. The van der Waals surface area contributed by atoms with Crippen molar-refractivity contribution in [1.82, 2.24) is 10.6 Å². The largest absolute Gasteiger partial charge is 0.464 e. The average Bonchev–Trinajstić information content (AvgIpc) is 2.95. The van der Waals surface area contributed by atoms with Gasteiger partial charge in [0, 0.05) is 12.8 Å². The van der Waals surface area contributed by atoms with E-state index >= 15 is 0 Å². The summed E-state index contributed by atoms with van der Waals surface area (Å²) in [4.78, 5) is 70.4. The number of unbranched alkanes of at least 4 members (excludes halogenated alkanes) is 4. The molecule has 0 rings (SSSR count). The molecule has 0 saturated heterocycles. The quantitative estimate of drug-likeness (QED) is 0.0710. The maximum atomic E-state index is 12.0. The zero-order chi connectivity index (χ0) is 32.7. The summed E-state index contributed by atoms with van der Waals surface area (Å²) in [5.41, 5.74) is -2.32. The van der Waals surface area contributed by atoms with Gasteiger partial charge in [0.05, 0.1) is 26.4 Å². The lowest BCUT2D eigenvalue weighted by Gasteiger charge is -2.23. The van der Waals surface area contributed by atoms with E-state index in [1.54, 1.807) is 0 Å². The van der Waals surface area contributed by atoms with Crippen molar-refractivity contribution in [2.24, 2.45) is 0 Å². The van der Waals surface area contributed by atoms with Crippen molar-refractivity contribution in [2.75, 3.05) is 39.6 Å². The molecule has 0 heterocycles. The number of carbonyl (C=O) groups is 6. The third kappa shape index (κ3) is 19.9. The molecule has 244 valence electrons. The van der Waals surface area contributed by atoms with Crippen molar-refractivity contribution in [3.63, 3.8) is 0 Å². The zero-order valence-corrected chi connectivity index (χ0v) is 26.0. The molecule has 0 spiro atoms. The van der Waals surface area contributed by atoms with Crippen molar-refractivity contribution in [1.29, 1.82) is 0 Å². The van der Waals surface area contributed by atoms with Crippen molar-refractivity contribution in [3.05, 3.63) is 25.3 Å². The number of carbonyl (C=O) groups excluding carboxylic acids is 6. The van der Waals surface area contributed by atoms with E-state index in [-0.39, 0.29) is 64.4 Å². The standard InChI is InChI=1S/C30H48N2O11/c1-7-23(33)31-29(3,4)27(37)42-17-13-9-11-15-25(35)40-21-19-39-20-22-41-26(36)16-12-10-14-18-43-28(38)30(5,6)32-24(34)8-2/h7-8H,1-2,9-22H2,3-6H3,(H,31,33)(H,32,34). The number of rotatable bonds is 24. The molecule has 0 unspecified atom stereocenters. The van der Waals surface area contributed by atoms with Crippen LogP contribution in [0.5, 0.6) is 0 Å². The van der Waals surface area contributed by atoms with Gasteiger partial charge in [-0.3, -0.25) is 19.2 Å². The highest BCUT2D eigenvalue weighted by molar-refractivity contribution is 5.93. The molecular weight excluding hydrogens is 564 g/mol. The molecule has 2 N–H and O–H groups in total. The van der Waals surface area contributed by atoms with Gasteiger partial charge in [-0.05, 0) is 78.4 Å². The number of hydrogen-bond donors (Lipinski definition) is 2. The first-order chi connectivity index (χ1) is 20.2. The summed E-state index contributed by atoms with van der Waals surface area (Å²) in [6.07, 6.45) is 6.20. The Hall–Kier alpha value is -3.74. The molecule has 13 heteroatoms. The normalized spacial score (nSPS) is 11.1. The minimum absolute atomic E-state index is 0.0816. The molecule has 0 aromatic heterocycles. The molecule has 0 aliphatic rings. The summed E-state index contributed by atoms with van der Waals surface area (Å²) in [5, 5.41) is 4.98. The zero-order valence-electron chi connectivity index (χ0n) is 26.0. The minimum atomic E-state index is -1.16. The monoisotopic (exact) mass is 612 g/mol. The van der Waals surface area contributed by atoms with Crippen LogP contribution in [0.1, 0.15) is 79.1 Å². The Morgan fingerprint density at radius 2 is 0.907 bits per heavy atom. The maximum absolute atomic E-state index is 12.0. The lowest BCUT2D eigenvalue weighted by atomic mass is 10.1. The Bertz CT molecular complexity index is 870. The van der Waals surface area contributed by atoms with Crippen LogP contribution < -0.4 is 10.6 Å². The van der Waals surface area contributed by atoms with Crippen molar-refractivity contribution in [3.8, 4) is 0 Å². The molecule has 0 aromatic rings. The van der Waals surface area contributed by atoms with Gasteiger partial charge in [0.25, 0.3) is 0 Å². The first-order valence-electron chi connectivity index (χ1n) is 14.4. The Balaban J connectivity index is 3.68.